The summed E-state index contributed by atoms with van der Waals surface area (Å²) in [5, 5.41) is 28.9. The zero-order chi connectivity index (χ0) is 31.8. The lowest BCUT2D eigenvalue weighted by Crippen LogP contribution is -2.60. The van der Waals surface area contributed by atoms with Crippen molar-refractivity contribution in [3.63, 3.8) is 0 Å². The third kappa shape index (κ3) is 8.49. The molecule has 3 aromatic rings. The molecule has 0 aromatic heterocycles. The van der Waals surface area contributed by atoms with Crippen LogP contribution in [-0.4, -0.2) is 84.0 Å². The van der Waals surface area contributed by atoms with E-state index in [1.807, 2.05) is 55.6 Å². The molecule has 0 bridgehead atoms. The number of halogens is 2. The molecule has 2 aliphatic heterocycles. The Bertz CT molecular complexity index is 1570. The Morgan fingerprint density at radius 2 is 1.73 bits per heavy atom. The number of hydrogen-bond donors (Lipinski definition) is 1. The van der Waals surface area contributed by atoms with E-state index in [4.69, 9.17) is 33.1 Å². The van der Waals surface area contributed by atoms with Crippen LogP contribution in [0.15, 0.2) is 54.6 Å². The van der Waals surface area contributed by atoms with Crippen LogP contribution in [0.5, 0.6) is 0 Å². The molecule has 3 aromatic carbocycles. The van der Waals surface area contributed by atoms with Gasteiger partial charge < -0.3 is 14.9 Å². The number of likely N-dealkylation sites (N-methyl/N-ethyl adjacent to an activating group) is 1. The highest BCUT2D eigenvalue weighted by Crippen LogP contribution is 2.31. The molecule has 2 saturated heterocycles. The van der Waals surface area contributed by atoms with Crippen molar-refractivity contribution in [2.75, 3.05) is 46.3 Å². The highest BCUT2D eigenvalue weighted by Gasteiger charge is 2.34. The maximum Gasteiger partial charge on any atom is 0.300 e. The minimum Gasteiger partial charge on any atom is -0.481 e. The molecule has 44 heavy (non-hydrogen) atoms. The summed E-state index contributed by atoms with van der Waals surface area (Å²) < 4.78 is 0. The molecule has 0 spiro atoms. The number of carbonyl (C=O) groups is 2. The molecule has 1 amide bonds. The van der Waals surface area contributed by atoms with Crippen LogP contribution in [0.3, 0.4) is 0 Å². The summed E-state index contributed by atoms with van der Waals surface area (Å²) in [7, 11) is 1.82. The summed E-state index contributed by atoms with van der Waals surface area (Å²) in [6, 6.07) is 22.1. The van der Waals surface area contributed by atoms with Gasteiger partial charge in [0.1, 0.15) is 0 Å². The number of benzene rings is 3. The summed E-state index contributed by atoms with van der Waals surface area (Å²) in [6.45, 7) is 6.61. The monoisotopic (exact) mass is 633 g/mol. The lowest BCUT2D eigenvalue weighted by molar-refractivity contribution is -0.134. The Labute approximate surface area is 269 Å². The van der Waals surface area contributed by atoms with E-state index in [0.29, 0.717) is 33.8 Å². The van der Waals surface area contributed by atoms with E-state index in [0.717, 1.165) is 75.2 Å². The van der Waals surface area contributed by atoms with Gasteiger partial charge in [-0.25, -0.2) is 0 Å². The van der Waals surface area contributed by atoms with Gasteiger partial charge in [0.25, 0.3) is 11.9 Å². The Morgan fingerprint density at radius 3 is 2.36 bits per heavy atom. The van der Waals surface area contributed by atoms with E-state index in [2.05, 4.69) is 21.9 Å². The molecule has 5 rings (SSSR count). The van der Waals surface area contributed by atoms with Crippen molar-refractivity contribution in [1.82, 2.24) is 14.7 Å². The second-order valence-corrected chi connectivity index (χ2v) is 12.4. The molecule has 0 radical (unpaired) electrons. The number of nitrogens with zero attached hydrogens (tertiary/aromatic N) is 5. The highest BCUT2D eigenvalue weighted by atomic mass is 35.5. The predicted octanol–water partition coefficient (Wildman–Crippen LogP) is 6.27. The first kappa shape index (κ1) is 33.2. The van der Waals surface area contributed by atoms with E-state index in [9.17, 15) is 15.3 Å². The summed E-state index contributed by atoms with van der Waals surface area (Å²) in [5.74, 6) is -0.665. The van der Waals surface area contributed by atoms with Crippen molar-refractivity contribution in [2.24, 2.45) is 5.92 Å². The first-order chi connectivity index (χ1) is 21.1. The zero-order valence-corrected chi connectivity index (χ0v) is 26.6. The largest absolute Gasteiger partial charge is 0.481 e. The Kier molecular flexibility index (Phi) is 11.6. The molecule has 0 unspecified atom stereocenters. The quantitative estimate of drug-likeness (QED) is 0.311. The number of carboxylic acid groups (broad SMARTS) is 1. The van der Waals surface area contributed by atoms with Crippen LogP contribution in [0.1, 0.15) is 53.6 Å². The summed E-state index contributed by atoms with van der Waals surface area (Å²) in [4.78, 5) is 29.5. The number of hydrogen-bond acceptors (Lipinski definition) is 6. The number of carbonyl (C=O) groups excluding carboxylic acids is 1. The van der Waals surface area contributed by atoms with Crippen molar-refractivity contribution in [3.05, 3.63) is 81.3 Å². The normalized spacial score (nSPS) is 16.6. The molecule has 1 atom stereocenters. The van der Waals surface area contributed by atoms with E-state index < -0.39 is 5.97 Å². The maximum absolute atomic E-state index is 13.7. The van der Waals surface area contributed by atoms with Crippen LogP contribution in [0.25, 0.3) is 10.8 Å². The molecule has 0 saturated carbocycles. The van der Waals surface area contributed by atoms with Gasteiger partial charge in [-0.2, -0.15) is 10.5 Å². The molecule has 0 aliphatic carbocycles. The van der Waals surface area contributed by atoms with Gasteiger partial charge >= 0.3 is 0 Å². The molecule has 8 nitrogen and oxygen atoms in total. The van der Waals surface area contributed by atoms with Crippen LogP contribution in [-0.2, 0) is 4.79 Å². The molecular formula is C34H37Cl2N5O3. The Hall–Kier alpha value is -3.66. The van der Waals surface area contributed by atoms with Crippen molar-refractivity contribution < 1.29 is 14.7 Å². The second-order valence-electron chi connectivity index (χ2n) is 11.6. The number of rotatable bonds is 8. The second kappa shape index (κ2) is 15.4. The first-order valence-electron chi connectivity index (χ1n) is 14.8. The fourth-order valence-electron chi connectivity index (χ4n) is 5.99. The minimum atomic E-state index is -0.833. The van der Waals surface area contributed by atoms with Crippen LogP contribution in [0.2, 0.25) is 10.0 Å². The van der Waals surface area contributed by atoms with Gasteiger partial charge in [0.2, 0.25) is 0 Å². The van der Waals surface area contributed by atoms with Gasteiger partial charge in [0.15, 0.2) is 0 Å². The Morgan fingerprint density at radius 1 is 1.05 bits per heavy atom. The number of fused-ring (bicyclic) bond motifs is 1. The minimum absolute atomic E-state index is 0.0690. The van der Waals surface area contributed by atoms with Gasteiger partial charge in [-0.1, -0.05) is 53.5 Å². The van der Waals surface area contributed by atoms with Gasteiger partial charge in [-0.3, -0.25) is 14.5 Å². The van der Waals surface area contributed by atoms with Crippen molar-refractivity contribution in [2.45, 2.75) is 38.1 Å². The van der Waals surface area contributed by atoms with E-state index in [1.165, 1.54) is 0 Å². The third-order valence-electron chi connectivity index (χ3n) is 8.44. The van der Waals surface area contributed by atoms with Crippen molar-refractivity contribution in [3.8, 4) is 12.1 Å². The fraction of sp³-hybridized carbons (Fsp3) is 0.412. The highest BCUT2D eigenvalue weighted by molar-refractivity contribution is 6.42. The average molecular weight is 635 g/mol. The maximum atomic E-state index is 13.7. The Balaban J connectivity index is 0.00000104. The molecule has 10 heteroatoms. The molecular weight excluding hydrogens is 597 g/mol. The number of piperidine rings is 1. The number of likely N-dealkylation sites (tertiary alicyclic amines) is 2. The number of aliphatic carboxylic acids is 1. The molecule has 230 valence electrons. The van der Waals surface area contributed by atoms with Gasteiger partial charge in [-0.15, -0.1) is 0 Å². The summed E-state index contributed by atoms with van der Waals surface area (Å²) in [6.07, 6.45) is 2.82. The first-order valence-corrected chi connectivity index (χ1v) is 15.5. The van der Waals surface area contributed by atoms with Crippen molar-refractivity contribution in [1.29, 1.82) is 10.5 Å². The zero-order valence-electron chi connectivity index (χ0n) is 25.0. The van der Waals surface area contributed by atoms with E-state index in [1.54, 1.807) is 11.0 Å². The van der Waals surface area contributed by atoms with Gasteiger partial charge in [-0.05, 0) is 79.5 Å². The lowest BCUT2D eigenvalue weighted by atomic mass is 9.92. The SMILES string of the molecule is CC(=O)O.CN(C[C@@H](CCN1CC(N2CCC(C#N)CC2)C1)c1ccc(Cl)c(Cl)c1)C(=O)c1cc(C#N)cc2ccccc12. The molecule has 2 aliphatic rings. The summed E-state index contributed by atoms with van der Waals surface area (Å²) in [5.41, 5.74) is 2.07. The fourth-order valence-corrected chi connectivity index (χ4v) is 6.30. The third-order valence-corrected chi connectivity index (χ3v) is 9.18. The smallest absolute Gasteiger partial charge is 0.300 e. The number of nitriles is 2. The molecule has 1 N–H and O–H groups in total. The van der Waals surface area contributed by atoms with Crippen molar-refractivity contribution >= 4 is 45.9 Å². The number of amides is 1. The van der Waals surface area contributed by atoms with Gasteiger partial charge in [0, 0.05) is 57.0 Å². The van der Waals surface area contributed by atoms with Crippen LogP contribution in [0, 0.1) is 28.6 Å². The molecule has 2 fully saturated rings. The summed E-state index contributed by atoms with van der Waals surface area (Å²) >= 11 is 12.6. The molecule has 2 heterocycles. The topological polar surface area (TPSA) is 112 Å². The van der Waals surface area contributed by atoms with Gasteiger partial charge in [0.05, 0.1) is 27.7 Å². The number of carboxylic acids is 1. The van der Waals surface area contributed by atoms with Crippen LogP contribution >= 0.6 is 23.2 Å². The van der Waals surface area contributed by atoms with Crippen LogP contribution in [0.4, 0.5) is 0 Å². The predicted molar refractivity (Wildman–Crippen MR) is 173 cm³/mol. The lowest BCUT2D eigenvalue weighted by Gasteiger charge is -2.47. The standard InChI is InChI=1S/C32H33Cl2N5O.C2H4O2/c1-37(32(40)29-15-23(18-36)14-25-4-2-3-5-28(25)29)19-26(24-6-7-30(33)31(34)16-24)10-11-38-20-27(21-38)39-12-8-22(17-35)9-13-39;1-2(3)4/h2-7,14-16,22,26-27H,8-13,19-21H2,1H3;1H3,(H,3,4)/t26-;/m1./s1. The average Bonchev–Trinajstić information content (AvgIpc) is 3.00. The van der Waals surface area contributed by atoms with E-state index in [-0.39, 0.29) is 17.7 Å². The van der Waals surface area contributed by atoms with E-state index >= 15 is 0 Å². The van der Waals surface area contributed by atoms with Crippen LogP contribution < -0.4 is 0 Å².